The zero-order chi connectivity index (χ0) is 13.5. The molecular weight excluding hydrogens is 262 g/mol. The van der Waals surface area contributed by atoms with Crippen molar-refractivity contribution in [2.24, 2.45) is 5.92 Å². The van der Waals surface area contributed by atoms with E-state index < -0.39 is 9.84 Å². The Morgan fingerprint density at radius 3 is 2.74 bits per heavy atom. The number of benzene rings is 1. The summed E-state index contributed by atoms with van der Waals surface area (Å²) in [7, 11) is -3.00. The standard InChI is InChI=1S/C14H17NO3S/c16-14(11-7-8-19(17,18)9-11)15-13-6-5-10-3-1-2-4-12(10)13/h1-4,11,13H,5-9H2,(H,15,16)/t11-,13-/m1/s1. The van der Waals surface area contributed by atoms with E-state index in [0.29, 0.717) is 6.42 Å². The Morgan fingerprint density at radius 1 is 1.21 bits per heavy atom. The average Bonchev–Trinajstić information content (AvgIpc) is 2.94. The lowest BCUT2D eigenvalue weighted by molar-refractivity contribution is -0.125. The smallest absolute Gasteiger partial charge is 0.224 e. The van der Waals surface area contributed by atoms with Gasteiger partial charge in [-0.05, 0) is 30.4 Å². The van der Waals surface area contributed by atoms with Gasteiger partial charge >= 0.3 is 0 Å². The Kier molecular flexibility index (Phi) is 3.09. The SMILES string of the molecule is O=C(N[C@@H]1CCc2ccccc21)[C@@H]1CCS(=O)(=O)C1. The van der Waals surface area contributed by atoms with Crippen molar-refractivity contribution < 1.29 is 13.2 Å². The predicted molar refractivity (Wildman–Crippen MR) is 72.4 cm³/mol. The van der Waals surface area contributed by atoms with Crippen LogP contribution in [-0.4, -0.2) is 25.8 Å². The molecule has 0 radical (unpaired) electrons. The van der Waals surface area contributed by atoms with Crippen molar-refractivity contribution >= 4 is 15.7 Å². The van der Waals surface area contributed by atoms with Gasteiger partial charge in [0.25, 0.3) is 0 Å². The number of hydrogen-bond acceptors (Lipinski definition) is 3. The second kappa shape index (κ2) is 4.63. The summed E-state index contributed by atoms with van der Waals surface area (Å²) in [5, 5.41) is 3.01. The van der Waals surface area contributed by atoms with Crippen LogP contribution in [-0.2, 0) is 21.1 Å². The lowest BCUT2D eigenvalue weighted by Gasteiger charge is -2.16. The lowest BCUT2D eigenvalue weighted by Crippen LogP contribution is -2.33. The van der Waals surface area contributed by atoms with Crippen LogP contribution in [0.15, 0.2) is 24.3 Å². The van der Waals surface area contributed by atoms with Crippen molar-refractivity contribution in [1.29, 1.82) is 0 Å². The van der Waals surface area contributed by atoms with Crippen molar-refractivity contribution in [3.8, 4) is 0 Å². The maximum absolute atomic E-state index is 12.1. The molecule has 1 aromatic carbocycles. The number of nitrogens with one attached hydrogen (secondary N) is 1. The number of rotatable bonds is 2. The highest BCUT2D eigenvalue weighted by atomic mass is 32.2. The zero-order valence-corrected chi connectivity index (χ0v) is 11.4. The molecule has 1 amide bonds. The third-order valence-corrected chi connectivity index (χ3v) is 5.82. The van der Waals surface area contributed by atoms with Crippen LogP contribution in [0.25, 0.3) is 0 Å². The van der Waals surface area contributed by atoms with E-state index in [9.17, 15) is 13.2 Å². The summed E-state index contributed by atoms with van der Waals surface area (Å²) in [6, 6.07) is 8.16. The number of aryl methyl sites for hydroxylation is 1. The van der Waals surface area contributed by atoms with Crippen molar-refractivity contribution in [2.75, 3.05) is 11.5 Å². The predicted octanol–water partition coefficient (Wildman–Crippen LogP) is 1.22. The molecule has 0 spiro atoms. The summed E-state index contributed by atoms with van der Waals surface area (Å²) in [5.74, 6) is -0.319. The van der Waals surface area contributed by atoms with Gasteiger partial charge in [-0.1, -0.05) is 24.3 Å². The Morgan fingerprint density at radius 2 is 2.00 bits per heavy atom. The summed E-state index contributed by atoms with van der Waals surface area (Å²) >= 11 is 0. The molecule has 5 heteroatoms. The highest BCUT2D eigenvalue weighted by Gasteiger charge is 2.34. The molecule has 1 heterocycles. The van der Waals surface area contributed by atoms with Crippen LogP contribution in [0.4, 0.5) is 0 Å². The van der Waals surface area contributed by atoms with E-state index in [0.717, 1.165) is 12.8 Å². The topological polar surface area (TPSA) is 63.2 Å². The van der Waals surface area contributed by atoms with Crippen molar-refractivity contribution in [2.45, 2.75) is 25.3 Å². The molecule has 1 aliphatic carbocycles. The van der Waals surface area contributed by atoms with E-state index in [-0.39, 0.29) is 29.4 Å². The molecule has 1 N–H and O–H groups in total. The Bertz CT molecular complexity index is 609. The molecule has 1 fully saturated rings. The average molecular weight is 279 g/mol. The maximum atomic E-state index is 12.1. The van der Waals surface area contributed by atoms with Crippen LogP contribution in [0.5, 0.6) is 0 Å². The minimum absolute atomic E-state index is 0.00714. The largest absolute Gasteiger partial charge is 0.349 e. The van der Waals surface area contributed by atoms with Gasteiger partial charge < -0.3 is 5.32 Å². The molecule has 0 aromatic heterocycles. The van der Waals surface area contributed by atoms with Crippen LogP contribution < -0.4 is 5.32 Å². The number of carbonyl (C=O) groups is 1. The highest BCUT2D eigenvalue weighted by molar-refractivity contribution is 7.91. The van der Waals surface area contributed by atoms with Gasteiger partial charge in [0.15, 0.2) is 9.84 Å². The number of fused-ring (bicyclic) bond motifs is 1. The molecule has 2 aliphatic rings. The lowest BCUT2D eigenvalue weighted by atomic mass is 10.1. The van der Waals surface area contributed by atoms with Gasteiger partial charge in [0.05, 0.1) is 23.5 Å². The van der Waals surface area contributed by atoms with Crippen molar-refractivity contribution in [3.63, 3.8) is 0 Å². The fourth-order valence-corrected chi connectivity index (χ4v) is 4.74. The molecule has 1 saturated heterocycles. The fraction of sp³-hybridized carbons (Fsp3) is 0.500. The second-order valence-electron chi connectivity index (χ2n) is 5.40. The monoisotopic (exact) mass is 279 g/mol. The number of carbonyl (C=O) groups excluding carboxylic acids is 1. The van der Waals surface area contributed by atoms with E-state index >= 15 is 0 Å². The number of hydrogen-bond donors (Lipinski definition) is 1. The quantitative estimate of drug-likeness (QED) is 0.885. The maximum Gasteiger partial charge on any atom is 0.224 e. The molecule has 1 aliphatic heterocycles. The molecule has 0 saturated carbocycles. The minimum Gasteiger partial charge on any atom is -0.349 e. The van der Waals surface area contributed by atoms with Gasteiger partial charge in [0, 0.05) is 0 Å². The molecule has 4 nitrogen and oxygen atoms in total. The summed E-state index contributed by atoms with van der Waals surface area (Å²) in [4.78, 5) is 12.1. The Balaban J connectivity index is 1.69. The first-order valence-electron chi connectivity index (χ1n) is 6.64. The Hall–Kier alpha value is -1.36. The minimum atomic E-state index is -3.00. The van der Waals surface area contributed by atoms with E-state index in [4.69, 9.17) is 0 Å². The van der Waals surface area contributed by atoms with Crippen LogP contribution in [0.1, 0.15) is 30.0 Å². The zero-order valence-electron chi connectivity index (χ0n) is 10.6. The van der Waals surface area contributed by atoms with Crippen LogP contribution in [0, 0.1) is 5.92 Å². The molecule has 0 unspecified atom stereocenters. The Labute approximate surface area is 113 Å². The first-order chi connectivity index (χ1) is 9.05. The van der Waals surface area contributed by atoms with Crippen molar-refractivity contribution in [3.05, 3.63) is 35.4 Å². The summed E-state index contributed by atoms with van der Waals surface area (Å²) in [6.45, 7) is 0. The molecule has 2 atom stereocenters. The molecule has 0 bridgehead atoms. The molecule has 102 valence electrons. The van der Waals surface area contributed by atoms with Crippen LogP contribution in [0.3, 0.4) is 0 Å². The van der Waals surface area contributed by atoms with Gasteiger partial charge in [-0.15, -0.1) is 0 Å². The van der Waals surface area contributed by atoms with Gasteiger partial charge in [0.2, 0.25) is 5.91 Å². The van der Waals surface area contributed by atoms with E-state index in [2.05, 4.69) is 11.4 Å². The summed E-state index contributed by atoms with van der Waals surface area (Å²) in [6.07, 6.45) is 2.34. The van der Waals surface area contributed by atoms with E-state index in [1.165, 1.54) is 11.1 Å². The molecule has 3 rings (SSSR count). The van der Waals surface area contributed by atoms with Gasteiger partial charge in [0.1, 0.15) is 0 Å². The van der Waals surface area contributed by atoms with E-state index in [1.54, 1.807) is 0 Å². The number of sulfone groups is 1. The molecule has 19 heavy (non-hydrogen) atoms. The van der Waals surface area contributed by atoms with Gasteiger partial charge in [-0.2, -0.15) is 0 Å². The van der Waals surface area contributed by atoms with E-state index in [1.807, 2.05) is 18.2 Å². The third-order valence-electron chi connectivity index (χ3n) is 4.05. The summed E-state index contributed by atoms with van der Waals surface area (Å²) in [5.41, 5.74) is 2.46. The summed E-state index contributed by atoms with van der Waals surface area (Å²) < 4.78 is 22.8. The van der Waals surface area contributed by atoms with Crippen molar-refractivity contribution in [1.82, 2.24) is 5.32 Å². The molecule has 1 aromatic rings. The van der Waals surface area contributed by atoms with Gasteiger partial charge in [-0.3, -0.25) is 4.79 Å². The fourth-order valence-electron chi connectivity index (χ4n) is 3.00. The normalized spacial score (nSPS) is 28.0. The third kappa shape index (κ3) is 2.52. The first kappa shape index (κ1) is 12.7. The highest BCUT2D eigenvalue weighted by Crippen LogP contribution is 2.31. The molecular formula is C14H17NO3S. The van der Waals surface area contributed by atoms with Crippen LogP contribution in [0.2, 0.25) is 0 Å². The number of amides is 1. The van der Waals surface area contributed by atoms with Crippen LogP contribution >= 0.6 is 0 Å². The first-order valence-corrected chi connectivity index (χ1v) is 8.46. The van der Waals surface area contributed by atoms with Gasteiger partial charge in [-0.25, -0.2) is 8.42 Å². The second-order valence-corrected chi connectivity index (χ2v) is 7.63.